The molecule has 0 saturated carbocycles. The van der Waals surface area contributed by atoms with Crippen molar-refractivity contribution in [1.29, 1.82) is 0 Å². The zero-order valence-corrected chi connectivity index (χ0v) is 16.9. The average molecular weight is 404 g/mol. The SMILES string of the molecule is Cc1cccc(C(=O)N2CC(c3nc(C4CCN(S(C)(=O)=O)CC4)no3)C2)c1. The van der Waals surface area contributed by atoms with Crippen molar-refractivity contribution < 1.29 is 17.7 Å². The van der Waals surface area contributed by atoms with Crippen molar-refractivity contribution in [1.82, 2.24) is 19.3 Å². The van der Waals surface area contributed by atoms with Gasteiger partial charge in [-0.05, 0) is 31.9 Å². The predicted octanol–water partition coefficient (Wildman–Crippen LogP) is 1.76. The van der Waals surface area contributed by atoms with E-state index in [0.717, 1.165) is 5.56 Å². The molecule has 1 aromatic heterocycles. The summed E-state index contributed by atoms with van der Waals surface area (Å²) in [6.07, 6.45) is 2.61. The van der Waals surface area contributed by atoms with Gasteiger partial charge >= 0.3 is 0 Å². The van der Waals surface area contributed by atoms with Crippen LogP contribution >= 0.6 is 0 Å². The molecule has 8 nitrogen and oxygen atoms in total. The minimum Gasteiger partial charge on any atom is -0.339 e. The van der Waals surface area contributed by atoms with Gasteiger partial charge in [-0.2, -0.15) is 4.98 Å². The van der Waals surface area contributed by atoms with Crippen molar-refractivity contribution in [3.05, 3.63) is 47.1 Å². The molecule has 2 aliphatic rings. The first kappa shape index (κ1) is 19.1. The van der Waals surface area contributed by atoms with E-state index in [4.69, 9.17) is 4.52 Å². The van der Waals surface area contributed by atoms with Gasteiger partial charge in [0.1, 0.15) is 0 Å². The molecule has 2 fully saturated rings. The second-order valence-corrected chi connectivity index (χ2v) is 9.69. The summed E-state index contributed by atoms with van der Waals surface area (Å²) in [6.45, 7) is 4.07. The molecule has 2 aliphatic heterocycles. The number of hydrogen-bond donors (Lipinski definition) is 0. The molecule has 2 saturated heterocycles. The number of carbonyl (C=O) groups excluding carboxylic acids is 1. The van der Waals surface area contributed by atoms with Gasteiger partial charge in [-0.3, -0.25) is 4.79 Å². The number of hydrogen-bond acceptors (Lipinski definition) is 6. The lowest BCUT2D eigenvalue weighted by Crippen LogP contribution is -2.48. The number of aryl methyl sites for hydroxylation is 1. The highest BCUT2D eigenvalue weighted by molar-refractivity contribution is 7.88. The van der Waals surface area contributed by atoms with Crippen molar-refractivity contribution >= 4 is 15.9 Å². The highest BCUT2D eigenvalue weighted by Crippen LogP contribution is 2.31. The molecule has 1 amide bonds. The maximum absolute atomic E-state index is 12.5. The Morgan fingerprint density at radius 3 is 2.54 bits per heavy atom. The van der Waals surface area contributed by atoms with E-state index in [0.29, 0.717) is 56.3 Å². The zero-order valence-electron chi connectivity index (χ0n) is 16.0. The Morgan fingerprint density at radius 1 is 1.18 bits per heavy atom. The fourth-order valence-corrected chi connectivity index (χ4v) is 4.66. The molecule has 0 unspecified atom stereocenters. The standard InChI is InChI=1S/C19H24N4O4S/c1-13-4-3-5-15(10-13)19(24)22-11-16(12-22)18-20-17(21-27-18)14-6-8-23(9-7-14)28(2,25)26/h3-5,10,14,16H,6-9,11-12H2,1-2H3. The lowest BCUT2D eigenvalue weighted by Gasteiger charge is -2.37. The fraction of sp³-hybridized carbons (Fsp3) is 0.526. The molecule has 9 heteroatoms. The molecule has 0 atom stereocenters. The molecule has 1 aromatic carbocycles. The van der Waals surface area contributed by atoms with Crippen molar-refractivity contribution in [3.63, 3.8) is 0 Å². The maximum atomic E-state index is 12.5. The number of aromatic nitrogens is 2. The summed E-state index contributed by atoms with van der Waals surface area (Å²) >= 11 is 0. The van der Waals surface area contributed by atoms with Crippen LogP contribution in [0.25, 0.3) is 0 Å². The summed E-state index contributed by atoms with van der Waals surface area (Å²) in [4.78, 5) is 18.9. The third-order valence-corrected chi connectivity index (χ3v) is 6.83. The molecule has 3 heterocycles. The van der Waals surface area contributed by atoms with Gasteiger partial charge in [0.05, 0.1) is 12.2 Å². The maximum Gasteiger partial charge on any atom is 0.253 e. The largest absolute Gasteiger partial charge is 0.339 e. The van der Waals surface area contributed by atoms with Crippen LogP contribution in [0.15, 0.2) is 28.8 Å². The minimum atomic E-state index is -3.14. The van der Waals surface area contributed by atoms with E-state index in [1.165, 1.54) is 10.6 Å². The minimum absolute atomic E-state index is 0.0211. The van der Waals surface area contributed by atoms with Crippen LogP contribution in [0.2, 0.25) is 0 Å². The first-order valence-electron chi connectivity index (χ1n) is 9.46. The molecule has 4 rings (SSSR count). The second-order valence-electron chi connectivity index (χ2n) is 7.70. The summed E-state index contributed by atoms with van der Waals surface area (Å²) in [6, 6.07) is 7.58. The first-order chi connectivity index (χ1) is 13.3. The third kappa shape index (κ3) is 3.81. The molecule has 0 aliphatic carbocycles. The van der Waals surface area contributed by atoms with Gasteiger partial charge in [-0.15, -0.1) is 0 Å². The summed E-state index contributed by atoms with van der Waals surface area (Å²) in [5.74, 6) is 1.40. The van der Waals surface area contributed by atoms with E-state index < -0.39 is 10.0 Å². The van der Waals surface area contributed by atoms with Crippen LogP contribution in [0.3, 0.4) is 0 Å². The number of nitrogens with zero attached hydrogens (tertiary/aromatic N) is 4. The van der Waals surface area contributed by atoms with Gasteiger partial charge in [0.25, 0.3) is 5.91 Å². The lowest BCUT2D eigenvalue weighted by atomic mass is 9.96. The molecule has 28 heavy (non-hydrogen) atoms. The highest BCUT2D eigenvalue weighted by Gasteiger charge is 2.37. The van der Waals surface area contributed by atoms with Gasteiger partial charge in [0.15, 0.2) is 5.82 Å². The predicted molar refractivity (Wildman–Crippen MR) is 103 cm³/mol. The van der Waals surface area contributed by atoms with E-state index in [2.05, 4.69) is 10.1 Å². The summed E-state index contributed by atoms with van der Waals surface area (Å²) < 4.78 is 30.2. The van der Waals surface area contributed by atoms with Crippen molar-refractivity contribution in [2.45, 2.75) is 31.6 Å². The summed E-state index contributed by atoms with van der Waals surface area (Å²) in [5.41, 5.74) is 1.76. The summed E-state index contributed by atoms with van der Waals surface area (Å²) in [5, 5.41) is 4.11. The second kappa shape index (κ2) is 7.29. The molecule has 0 N–H and O–H groups in total. The average Bonchev–Trinajstić information content (AvgIpc) is 3.09. The lowest BCUT2D eigenvalue weighted by molar-refractivity contribution is 0.0569. The number of benzene rings is 1. The quantitative estimate of drug-likeness (QED) is 0.770. The van der Waals surface area contributed by atoms with E-state index in [9.17, 15) is 13.2 Å². The number of carbonyl (C=O) groups is 1. The monoisotopic (exact) mass is 404 g/mol. The Labute approximate surface area is 164 Å². The Morgan fingerprint density at radius 2 is 1.89 bits per heavy atom. The number of sulfonamides is 1. The molecule has 2 aromatic rings. The van der Waals surface area contributed by atoms with E-state index >= 15 is 0 Å². The number of amides is 1. The van der Waals surface area contributed by atoms with Crippen LogP contribution in [0.4, 0.5) is 0 Å². The Kier molecular flexibility index (Phi) is 4.96. The highest BCUT2D eigenvalue weighted by atomic mass is 32.2. The Hall–Kier alpha value is -2.26. The summed E-state index contributed by atoms with van der Waals surface area (Å²) in [7, 11) is -3.14. The molecular weight excluding hydrogens is 380 g/mol. The topological polar surface area (TPSA) is 96.6 Å². The van der Waals surface area contributed by atoms with E-state index in [-0.39, 0.29) is 17.7 Å². The van der Waals surface area contributed by atoms with E-state index in [1.54, 1.807) is 4.90 Å². The van der Waals surface area contributed by atoms with Gasteiger partial charge in [0, 0.05) is 37.7 Å². The van der Waals surface area contributed by atoms with Gasteiger partial charge in [0.2, 0.25) is 15.9 Å². The van der Waals surface area contributed by atoms with Crippen LogP contribution in [0.1, 0.15) is 52.3 Å². The van der Waals surface area contributed by atoms with Crippen molar-refractivity contribution in [3.8, 4) is 0 Å². The molecule has 0 bridgehead atoms. The molecule has 150 valence electrons. The number of rotatable bonds is 4. The third-order valence-electron chi connectivity index (χ3n) is 5.53. The van der Waals surface area contributed by atoms with Crippen LogP contribution in [-0.2, 0) is 10.0 Å². The van der Waals surface area contributed by atoms with Crippen LogP contribution in [0, 0.1) is 6.92 Å². The fourth-order valence-electron chi connectivity index (χ4n) is 3.79. The number of piperidine rings is 1. The first-order valence-corrected chi connectivity index (χ1v) is 11.3. The number of likely N-dealkylation sites (tertiary alicyclic amines) is 1. The molecular formula is C19H24N4O4S. The normalized spacial score (nSPS) is 19.6. The smallest absolute Gasteiger partial charge is 0.253 e. The van der Waals surface area contributed by atoms with Crippen molar-refractivity contribution in [2.75, 3.05) is 32.4 Å². The zero-order chi connectivity index (χ0) is 19.9. The molecule has 0 radical (unpaired) electrons. The Balaban J connectivity index is 1.33. The van der Waals surface area contributed by atoms with Gasteiger partial charge in [-0.25, -0.2) is 12.7 Å². The van der Waals surface area contributed by atoms with Crippen molar-refractivity contribution in [2.24, 2.45) is 0 Å². The Bertz CT molecular complexity index is 973. The van der Waals surface area contributed by atoms with Crippen LogP contribution in [0.5, 0.6) is 0 Å². The van der Waals surface area contributed by atoms with E-state index in [1.807, 2.05) is 31.2 Å². The molecule has 0 spiro atoms. The van der Waals surface area contributed by atoms with Gasteiger partial charge < -0.3 is 9.42 Å². The van der Waals surface area contributed by atoms with Crippen LogP contribution < -0.4 is 0 Å². The van der Waals surface area contributed by atoms with Crippen LogP contribution in [-0.4, -0.2) is 66.1 Å². The van der Waals surface area contributed by atoms with Gasteiger partial charge in [-0.1, -0.05) is 22.9 Å².